The zero-order valence-electron chi connectivity index (χ0n) is 24.3. The number of para-hydroxylation sites is 1. The predicted octanol–water partition coefficient (Wildman–Crippen LogP) is 3.38. The van der Waals surface area contributed by atoms with Gasteiger partial charge in [-0.2, -0.15) is 0 Å². The summed E-state index contributed by atoms with van der Waals surface area (Å²) in [5.74, 6) is -0.588. The quantitative estimate of drug-likeness (QED) is 0.538. The summed E-state index contributed by atoms with van der Waals surface area (Å²) in [5.41, 5.74) is 1.13. The fourth-order valence-electron chi connectivity index (χ4n) is 4.70. The Morgan fingerprint density at radius 1 is 1.02 bits per heavy atom. The summed E-state index contributed by atoms with van der Waals surface area (Å²) in [6, 6.07) is 11.5. The molecule has 0 saturated heterocycles. The number of hydrogen-bond donors (Lipinski definition) is 3. The van der Waals surface area contributed by atoms with Crippen molar-refractivity contribution >= 4 is 17.7 Å². The van der Waals surface area contributed by atoms with Gasteiger partial charge in [0, 0.05) is 26.6 Å². The molecule has 0 unspecified atom stereocenters. The number of likely N-dealkylation sites (N-methyl/N-ethyl adjacent to an activating group) is 1. The number of carbonyl (C=O) groups excluding carboxylic acids is 3. The van der Waals surface area contributed by atoms with Crippen molar-refractivity contribution in [1.29, 1.82) is 0 Å². The van der Waals surface area contributed by atoms with E-state index in [-0.39, 0.29) is 24.1 Å². The van der Waals surface area contributed by atoms with Gasteiger partial charge < -0.3 is 25.6 Å². The third-order valence-electron chi connectivity index (χ3n) is 7.22. The van der Waals surface area contributed by atoms with E-state index in [0.29, 0.717) is 37.9 Å². The Labute approximate surface area is 237 Å². The zero-order valence-corrected chi connectivity index (χ0v) is 24.3. The molecule has 2 aromatic carbocycles. The summed E-state index contributed by atoms with van der Waals surface area (Å²) in [6.45, 7) is 8.44. The van der Waals surface area contributed by atoms with E-state index in [1.807, 2.05) is 45.0 Å². The number of hydrogen-bond acceptors (Lipinski definition) is 5. The first-order chi connectivity index (χ1) is 19.0. The largest absolute Gasteiger partial charge is 0.486 e. The second kappa shape index (κ2) is 14.3. The molecule has 0 aliphatic carbocycles. The SMILES string of the molecule is CCC[C@@H]1NCC(C)(C)Oc2ccccc2CCCNC(=O)[C@@H](Cc2ccc(F)cc2)NC(=O)[C@@H](C)N(C)C1=O. The molecule has 9 heteroatoms. The van der Waals surface area contributed by atoms with Crippen molar-refractivity contribution in [1.82, 2.24) is 20.9 Å². The lowest BCUT2D eigenvalue weighted by molar-refractivity contribution is -0.141. The van der Waals surface area contributed by atoms with Crippen molar-refractivity contribution in [2.75, 3.05) is 20.1 Å². The molecule has 0 saturated carbocycles. The van der Waals surface area contributed by atoms with Gasteiger partial charge in [0.05, 0.1) is 6.04 Å². The Morgan fingerprint density at radius 2 is 1.73 bits per heavy atom. The molecule has 218 valence electrons. The molecular weight excluding hydrogens is 511 g/mol. The Hall–Kier alpha value is -3.46. The van der Waals surface area contributed by atoms with Gasteiger partial charge in [-0.15, -0.1) is 0 Å². The number of halogens is 1. The van der Waals surface area contributed by atoms with Gasteiger partial charge in [-0.1, -0.05) is 43.7 Å². The minimum Gasteiger partial charge on any atom is -0.486 e. The summed E-state index contributed by atoms with van der Waals surface area (Å²) in [5, 5.41) is 9.14. The number of carbonyl (C=O) groups is 3. The van der Waals surface area contributed by atoms with E-state index in [9.17, 15) is 18.8 Å². The highest BCUT2D eigenvalue weighted by molar-refractivity contribution is 5.93. The highest BCUT2D eigenvalue weighted by atomic mass is 19.1. The van der Waals surface area contributed by atoms with Crippen LogP contribution in [0.1, 0.15) is 58.1 Å². The molecule has 0 bridgehead atoms. The van der Waals surface area contributed by atoms with E-state index >= 15 is 0 Å². The van der Waals surface area contributed by atoms with Crippen LogP contribution in [0.15, 0.2) is 48.5 Å². The molecule has 0 radical (unpaired) electrons. The first-order valence-electron chi connectivity index (χ1n) is 14.1. The van der Waals surface area contributed by atoms with Gasteiger partial charge in [-0.25, -0.2) is 4.39 Å². The molecule has 3 atom stereocenters. The lowest BCUT2D eigenvalue weighted by atomic mass is 10.0. The van der Waals surface area contributed by atoms with Crippen molar-refractivity contribution in [3.8, 4) is 5.75 Å². The maximum absolute atomic E-state index is 13.5. The van der Waals surface area contributed by atoms with Crippen LogP contribution in [0.4, 0.5) is 4.39 Å². The lowest BCUT2D eigenvalue weighted by Crippen LogP contribution is -2.57. The van der Waals surface area contributed by atoms with Crippen LogP contribution in [0.25, 0.3) is 0 Å². The highest BCUT2D eigenvalue weighted by Gasteiger charge is 2.32. The molecule has 3 amide bonds. The van der Waals surface area contributed by atoms with Crippen molar-refractivity contribution in [3.05, 3.63) is 65.5 Å². The molecule has 3 N–H and O–H groups in total. The van der Waals surface area contributed by atoms with E-state index in [1.54, 1.807) is 26.1 Å². The van der Waals surface area contributed by atoms with Crippen molar-refractivity contribution in [2.24, 2.45) is 0 Å². The van der Waals surface area contributed by atoms with Crippen LogP contribution in [-0.2, 0) is 27.2 Å². The van der Waals surface area contributed by atoms with Gasteiger partial charge in [-0.3, -0.25) is 14.4 Å². The molecule has 40 heavy (non-hydrogen) atoms. The average molecular weight is 555 g/mol. The van der Waals surface area contributed by atoms with Gasteiger partial charge in [0.25, 0.3) is 0 Å². The summed E-state index contributed by atoms with van der Waals surface area (Å²) in [7, 11) is 1.60. The van der Waals surface area contributed by atoms with Crippen LogP contribution >= 0.6 is 0 Å². The summed E-state index contributed by atoms with van der Waals surface area (Å²) < 4.78 is 19.9. The minimum atomic E-state index is -0.885. The van der Waals surface area contributed by atoms with Crippen molar-refractivity contribution in [3.63, 3.8) is 0 Å². The molecule has 0 aromatic heterocycles. The molecule has 2 aromatic rings. The Balaban J connectivity index is 1.89. The third-order valence-corrected chi connectivity index (χ3v) is 7.22. The third kappa shape index (κ3) is 8.78. The van der Waals surface area contributed by atoms with Crippen molar-refractivity contribution < 1.29 is 23.5 Å². The maximum atomic E-state index is 13.5. The fraction of sp³-hybridized carbons (Fsp3) is 0.516. The standard InChI is InChI=1S/C31H43FN4O4/c1-6-10-25-30(39)36(5)21(2)28(37)35-26(19-22-14-16-24(32)17-15-22)29(38)33-18-9-12-23-11-7-8-13-27(23)40-31(3,4)20-34-25/h7-8,11,13-17,21,25-26,34H,6,9-10,12,18-20H2,1-5H3,(H,33,38)(H,35,37)/t21-,25+,26-/m1/s1. The molecule has 3 rings (SSSR count). The number of nitrogens with one attached hydrogen (secondary N) is 3. The number of nitrogens with zero attached hydrogens (tertiary/aromatic N) is 1. The summed E-state index contributed by atoms with van der Waals surface area (Å²) in [4.78, 5) is 41.4. The van der Waals surface area contributed by atoms with E-state index in [2.05, 4.69) is 16.0 Å². The Bertz CT molecular complexity index is 1150. The maximum Gasteiger partial charge on any atom is 0.243 e. The van der Waals surface area contributed by atoms with E-state index in [0.717, 1.165) is 17.7 Å². The molecule has 1 heterocycles. The number of ether oxygens (including phenoxy) is 1. The van der Waals surface area contributed by atoms with Crippen LogP contribution in [0.2, 0.25) is 0 Å². The molecule has 1 aliphatic heterocycles. The number of benzene rings is 2. The zero-order chi connectivity index (χ0) is 29.3. The first-order valence-corrected chi connectivity index (χ1v) is 14.1. The molecular formula is C31H43FN4O4. The topological polar surface area (TPSA) is 99.8 Å². The van der Waals surface area contributed by atoms with Crippen molar-refractivity contribution in [2.45, 2.75) is 83.5 Å². The van der Waals surface area contributed by atoms with Crippen LogP contribution in [-0.4, -0.2) is 66.5 Å². The number of amides is 3. The molecule has 8 nitrogen and oxygen atoms in total. The second-order valence-electron chi connectivity index (χ2n) is 11.1. The number of fused-ring (bicyclic) bond motifs is 1. The highest BCUT2D eigenvalue weighted by Crippen LogP contribution is 2.24. The Kier molecular flexibility index (Phi) is 11.1. The molecule has 0 fully saturated rings. The minimum absolute atomic E-state index is 0.188. The monoisotopic (exact) mass is 554 g/mol. The van der Waals surface area contributed by atoms with Gasteiger partial charge in [0.2, 0.25) is 17.7 Å². The average Bonchev–Trinajstić information content (AvgIpc) is 2.93. The predicted molar refractivity (Wildman–Crippen MR) is 153 cm³/mol. The molecule has 0 spiro atoms. The van der Waals surface area contributed by atoms with E-state index in [4.69, 9.17) is 4.74 Å². The first kappa shape index (κ1) is 31.1. The lowest BCUT2D eigenvalue weighted by Gasteiger charge is -2.33. The van der Waals surface area contributed by atoms with Gasteiger partial charge in [0.15, 0.2) is 0 Å². The summed E-state index contributed by atoms with van der Waals surface area (Å²) in [6.07, 6.45) is 2.93. The summed E-state index contributed by atoms with van der Waals surface area (Å²) >= 11 is 0. The van der Waals surface area contributed by atoms with Gasteiger partial charge in [0.1, 0.15) is 29.3 Å². The van der Waals surface area contributed by atoms with Crippen LogP contribution < -0.4 is 20.7 Å². The van der Waals surface area contributed by atoms with Crippen LogP contribution in [0.3, 0.4) is 0 Å². The fourth-order valence-corrected chi connectivity index (χ4v) is 4.70. The smallest absolute Gasteiger partial charge is 0.243 e. The van der Waals surface area contributed by atoms with Gasteiger partial charge >= 0.3 is 0 Å². The number of aryl methyl sites for hydroxylation is 1. The van der Waals surface area contributed by atoms with Crippen LogP contribution in [0, 0.1) is 5.82 Å². The second-order valence-corrected chi connectivity index (χ2v) is 11.1. The van der Waals surface area contributed by atoms with E-state index < -0.39 is 29.6 Å². The Morgan fingerprint density at radius 3 is 2.42 bits per heavy atom. The normalized spacial score (nSPS) is 23.2. The van der Waals surface area contributed by atoms with Gasteiger partial charge in [-0.05, 0) is 69.4 Å². The van der Waals surface area contributed by atoms with Crippen LogP contribution in [0.5, 0.6) is 5.75 Å². The molecule has 1 aliphatic rings. The van der Waals surface area contributed by atoms with E-state index in [1.165, 1.54) is 17.0 Å². The number of rotatable bonds is 4.